The molecule has 0 aromatic heterocycles. The Morgan fingerprint density at radius 1 is 1.09 bits per heavy atom. The lowest BCUT2D eigenvalue weighted by Gasteiger charge is -2.32. The topological polar surface area (TPSA) is 49.4 Å². The summed E-state index contributed by atoms with van der Waals surface area (Å²) in [6.07, 6.45) is 4.54. The molecule has 0 bridgehead atoms. The summed E-state index contributed by atoms with van der Waals surface area (Å²) in [7, 11) is -3.34. The second kappa shape index (κ2) is 6.30. The van der Waals surface area contributed by atoms with Crippen LogP contribution in [0.5, 0.6) is 0 Å². The Kier molecular flexibility index (Phi) is 4.57. The van der Waals surface area contributed by atoms with Crippen LogP contribution < -0.4 is 5.32 Å². The van der Waals surface area contributed by atoms with Crippen LogP contribution >= 0.6 is 0 Å². The molecule has 1 saturated carbocycles. The normalized spacial score (nSPS) is 21.2. The maximum absolute atomic E-state index is 12.7. The van der Waals surface area contributed by atoms with Gasteiger partial charge in [0.2, 0.25) is 10.0 Å². The summed E-state index contributed by atoms with van der Waals surface area (Å²) in [6.45, 7) is 6.31. The van der Waals surface area contributed by atoms with Crippen LogP contribution in [0.25, 0.3) is 0 Å². The van der Waals surface area contributed by atoms with Crippen LogP contribution in [0.15, 0.2) is 23.1 Å². The number of piperidine rings is 1. The van der Waals surface area contributed by atoms with Gasteiger partial charge >= 0.3 is 0 Å². The molecule has 2 aliphatic rings. The third-order valence-electron chi connectivity index (χ3n) is 4.96. The first-order valence-corrected chi connectivity index (χ1v) is 9.71. The summed E-state index contributed by atoms with van der Waals surface area (Å²) in [6, 6.07) is 5.90. The van der Waals surface area contributed by atoms with Crippen molar-refractivity contribution >= 4 is 10.0 Å². The van der Waals surface area contributed by atoms with E-state index in [1.807, 2.05) is 19.9 Å². The van der Waals surface area contributed by atoms with Crippen LogP contribution in [0.3, 0.4) is 0 Å². The SMILES string of the molecule is Cc1ccc(S(=O)(=O)N2CCC(NCC3CC3)CC2)cc1C. The number of nitrogens with one attached hydrogen (secondary N) is 1. The van der Waals surface area contributed by atoms with Crippen molar-refractivity contribution in [1.82, 2.24) is 9.62 Å². The van der Waals surface area contributed by atoms with Gasteiger partial charge in [0.1, 0.15) is 0 Å². The largest absolute Gasteiger partial charge is 0.314 e. The fourth-order valence-electron chi connectivity index (χ4n) is 2.98. The highest BCUT2D eigenvalue weighted by atomic mass is 32.2. The van der Waals surface area contributed by atoms with Crippen molar-refractivity contribution in [1.29, 1.82) is 0 Å². The highest BCUT2D eigenvalue weighted by Crippen LogP contribution is 2.28. The Balaban J connectivity index is 1.62. The van der Waals surface area contributed by atoms with E-state index in [0.717, 1.165) is 36.4 Å². The number of hydrogen-bond donors (Lipinski definition) is 1. The predicted molar refractivity (Wildman–Crippen MR) is 88.4 cm³/mol. The zero-order valence-corrected chi connectivity index (χ0v) is 14.3. The lowest BCUT2D eigenvalue weighted by molar-refractivity contribution is 0.288. The monoisotopic (exact) mass is 322 g/mol. The molecule has 0 amide bonds. The van der Waals surface area contributed by atoms with Crippen molar-refractivity contribution in [2.45, 2.75) is 50.5 Å². The minimum absolute atomic E-state index is 0.431. The minimum Gasteiger partial charge on any atom is -0.314 e. The van der Waals surface area contributed by atoms with Gasteiger partial charge in [0, 0.05) is 19.1 Å². The van der Waals surface area contributed by atoms with Crippen molar-refractivity contribution in [2.24, 2.45) is 5.92 Å². The summed E-state index contributed by atoms with van der Waals surface area (Å²) < 4.78 is 27.1. The quantitative estimate of drug-likeness (QED) is 0.906. The van der Waals surface area contributed by atoms with E-state index in [-0.39, 0.29) is 0 Å². The van der Waals surface area contributed by atoms with Crippen LogP contribution in [0.1, 0.15) is 36.8 Å². The number of rotatable bonds is 5. The molecule has 0 spiro atoms. The first-order valence-electron chi connectivity index (χ1n) is 8.27. The molecule has 1 aromatic rings. The summed E-state index contributed by atoms with van der Waals surface area (Å²) >= 11 is 0. The fourth-order valence-corrected chi connectivity index (χ4v) is 4.53. The zero-order chi connectivity index (χ0) is 15.7. The first-order chi connectivity index (χ1) is 10.5. The molecule has 1 aromatic carbocycles. The molecule has 5 heteroatoms. The van der Waals surface area contributed by atoms with Gasteiger partial charge in [0.05, 0.1) is 4.90 Å². The van der Waals surface area contributed by atoms with E-state index in [0.29, 0.717) is 24.0 Å². The van der Waals surface area contributed by atoms with Gasteiger partial charge in [-0.05, 0) is 75.3 Å². The third kappa shape index (κ3) is 3.53. The highest BCUT2D eigenvalue weighted by molar-refractivity contribution is 7.89. The van der Waals surface area contributed by atoms with E-state index in [1.54, 1.807) is 16.4 Å². The molecule has 2 fully saturated rings. The van der Waals surface area contributed by atoms with Crippen LogP contribution in [-0.4, -0.2) is 38.4 Å². The van der Waals surface area contributed by atoms with Gasteiger partial charge in [0.25, 0.3) is 0 Å². The Labute approximate surface area is 134 Å². The molecule has 22 heavy (non-hydrogen) atoms. The smallest absolute Gasteiger partial charge is 0.243 e. The molecule has 0 radical (unpaired) electrons. The number of hydrogen-bond acceptors (Lipinski definition) is 3. The Morgan fingerprint density at radius 2 is 1.77 bits per heavy atom. The van der Waals surface area contributed by atoms with E-state index in [2.05, 4.69) is 5.32 Å². The molecule has 4 nitrogen and oxygen atoms in total. The Hall–Kier alpha value is -0.910. The van der Waals surface area contributed by atoms with Crippen LogP contribution in [0.4, 0.5) is 0 Å². The Morgan fingerprint density at radius 3 is 2.36 bits per heavy atom. The van der Waals surface area contributed by atoms with E-state index < -0.39 is 10.0 Å². The molecule has 0 atom stereocenters. The molecular weight excluding hydrogens is 296 g/mol. The van der Waals surface area contributed by atoms with Gasteiger partial charge in [-0.2, -0.15) is 4.31 Å². The van der Waals surface area contributed by atoms with Crippen molar-refractivity contribution < 1.29 is 8.42 Å². The lowest BCUT2D eigenvalue weighted by atomic mass is 10.1. The van der Waals surface area contributed by atoms with Crippen molar-refractivity contribution in [2.75, 3.05) is 19.6 Å². The van der Waals surface area contributed by atoms with Crippen LogP contribution in [-0.2, 0) is 10.0 Å². The van der Waals surface area contributed by atoms with Gasteiger partial charge in [-0.25, -0.2) is 8.42 Å². The van der Waals surface area contributed by atoms with Crippen LogP contribution in [0.2, 0.25) is 0 Å². The van der Waals surface area contributed by atoms with Gasteiger partial charge < -0.3 is 5.32 Å². The highest BCUT2D eigenvalue weighted by Gasteiger charge is 2.30. The Bertz CT molecular complexity index is 630. The van der Waals surface area contributed by atoms with Gasteiger partial charge in [0.15, 0.2) is 0 Å². The van der Waals surface area contributed by atoms with E-state index in [1.165, 1.54) is 12.8 Å². The molecule has 1 heterocycles. The van der Waals surface area contributed by atoms with Gasteiger partial charge in [-0.3, -0.25) is 0 Å². The number of aryl methyl sites for hydroxylation is 2. The van der Waals surface area contributed by atoms with E-state index in [4.69, 9.17) is 0 Å². The number of nitrogens with zero attached hydrogens (tertiary/aromatic N) is 1. The van der Waals surface area contributed by atoms with Crippen LogP contribution in [0, 0.1) is 19.8 Å². The summed E-state index contributed by atoms with van der Waals surface area (Å²) in [4.78, 5) is 0.431. The van der Waals surface area contributed by atoms with Crippen molar-refractivity contribution in [3.8, 4) is 0 Å². The van der Waals surface area contributed by atoms with E-state index >= 15 is 0 Å². The molecule has 1 aliphatic heterocycles. The van der Waals surface area contributed by atoms with E-state index in [9.17, 15) is 8.42 Å². The minimum atomic E-state index is -3.34. The third-order valence-corrected chi connectivity index (χ3v) is 6.86. The van der Waals surface area contributed by atoms with Gasteiger partial charge in [-0.1, -0.05) is 6.07 Å². The average molecular weight is 322 g/mol. The molecule has 1 aliphatic carbocycles. The molecule has 1 N–H and O–H groups in total. The predicted octanol–water partition coefficient (Wildman–Crippen LogP) is 2.46. The second-order valence-corrected chi connectivity index (χ2v) is 8.71. The van der Waals surface area contributed by atoms with Crippen molar-refractivity contribution in [3.05, 3.63) is 29.3 Å². The summed E-state index contributed by atoms with van der Waals surface area (Å²) in [5.41, 5.74) is 2.16. The molecule has 0 unspecified atom stereocenters. The molecule has 122 valence electrons. The maximum atomic E-state index is 12.7. The second-order valence-electron chi connectivity index (χ2n) is 6.78. The van der Waals surface area contributed by atoms with Crippen molar-refractivity contribution in [3.63, 3.8) is 0 Å². The maximum Gasteiger partial charge on any atom is 0.243 e. The molecular formula is C17H26N2O2S. The first kappa shape index (κ1) is 16.0. The zero-order valence-electron chi connectivity index (χ0n) is 13.5. The summed E-state index contributed by atoms with van der Waals surface area (Å²) in [5, 5.41) is 3.59. The summed E-state index contributed by atoms with van der Waals surface area (Å²) in [5.74, 6) is 0.872. The van der Waals surface area contributed by atoms with Gasteiger partial charge in [-0.15, -0.1) is 0 Å². The average Bonchev–Trinajstić information content (AvgIpc) is 3.32. The fraction of sp³-hybridized carbons (Fsp3) is 0.647. The number of benzene rings is 1. The number of sulfonamides is 1. The molecule has 3 rings (SSSR count). The lowest BCUT2D eigenvalue weighted by Crippen LogP contribution is -2.45. The standard InChI is InChI=1S/C17H26N2O2S/c1-13-3-6-17(11-14(13)2)22(20,21)19-9-7-16(8-10-19)18-12-15-4-5-15/h3,6,11,15-16,18H,4-5,7-10,12H2,1-2H3. The molecule has 1 saturated heterocycles.